The van der Waals surface area contributed by atoms with E-state index in [1.807, 2.05) is 62.4 Å². The molecule has 2 aromatic rings. The van der Waals surface area contributed by atoms with Crippen LogP contribution in [0.25, 0.3) is 0 Å². The van der Waals surface area contributed by atoms with Gasteiger partial charge in [0.15, 0.2) is 0 Å². The highest BCUT2D eigenvalue weighted by Crippen LogP contribution is 2.11. The number of benzene rings is 2. The summed E-state index contributed by atoms with van der Waals surface area (Å²) in [4.78, 5) is 26.2. The number of likely N-dealkylation sites (N-methyl/N-ethyl adjacent to an activating group) is 1. The molecule has 2 N–H and O–H groups in total. The van der Waals surface area contributed by atoms with E-state index < -0.39 is 6.04 Å². The summed E-state index contributed by atoms with van der Waals surface area (Å²) in [5.74, 6) is -0.294. The fourth-order valence-corrected chi connectivity index (χ4v) is 2.37. The van der Waals surface area contributed by atoms with Gasteiger partial charge in [0.05, 0.1) is 12.6 Å². The van der Waals surface area contributed by atoms with Gasteiger partial charge in [-0.05, 0) is 57.6 Å². The summed E-state index contributed by atoms with van der Waals surface area (Å²) in [5, 5.41) is 5.72. The van der Waals surface area contributed by atoms with E-state index in [0.717, 1.165) is 22.5 Å². The lowest BCUT2D eigenvalue weighted by molar-refractivity contribution is -0.122. The Morgan fingerprint density at radius 1 is 0.960 bits per heavy atom. The van der Waals surface area contributed by atoms with Gasteiger partial charge in [-0.2, -0.15) is 0 Å². The van der Waals surface area contributed by atoms with Gasteiger partial charge in [0, 0.05) is 11.4 Å². The second-order valence-electron chi connectivity index (χ2n) is 6.36. The standard InChI is InChI=1S/C20H25N3O2/c1-14-8-10-17(11-9-14)21-19(24)13-23(4)16(3)20(25)22-18-7-5-6-15(2)12-18/h5-12,16H,13H2,1-4H3,(H,21,24)(H,22,25). The lowest BCUT2D eigenvalue weighted by Gasteiger charge is -2.23. The van der Waals surface area contributed by atoms with Crippen molar-refractivity contribution < 1.29 is 9.59 Å². The van der Waals surface area contributed by atoms with Crippen molar-refractivity contribution in [3.63, 3.8) is 0 Å². The van der Waals surface area contributed by atoms with Gasteiger partial charge in [-0.15, -0.1) is 0 Å². The van der Waals surface area contributed by atoms with E-state index >= 15 is 0 Å². The summed E-state index contributed by atoms with van der Waals surface area (Å²) in [6.07, 6.45) is 0. The SMILES string of the molecule is Cc1ccc(NC(=O)CN(C)C(C)C(=O)Nc2cccc(C)c2)cc1. The molecule has 0 aliphatic carbocycles. The van der Waals surface area contributed by atoms with Crippen LogP contribution in [-0.4, -0.2) is 36.3 Å². The van der Waals surface area contributed by atoms with Crippen LogP contribution in [0.15, 0.2) is 48.5 Å². The number of carbonyl (C=O) groups excluding carboxylic acids is 2. The van der Waals surface area contributed by atoms with Crippen LogP contribution in [0.1, 0.15) is 18.1 Å². The molecular formula is C20H25N3O2. The first-order valence-corrected chi connectivity index (χ1v) is 8.29. The first-order valence-electron chi connectivity index (χ1n) is 8.29. The van der Waals surface area contributed by atoms with E-state index in [2.05, 4.69) is 10.6 Å². The van der Waals surface area contributed by atoms with Crippen LogP contribution in [0, 0.1) is 13.8 Å². The van der Waals surface area contributed by atoms with Crippen LogP contribution in [-0.2, 0) is 9.59 Å². The van der Waals surface area contributed by atoms with Crippen molar-refractivity contribution in [2.24, 2.45) is 0 Å². The second kappa shape index (κ2) is 8.44. The number of anilines is 2. The Bertz CT molecular complexity index is 741. The van der Waals surface area contributed by atoms with Crippen molar-refractivity contribution >= 4 is 23.2 Å². The largest absolute Gasteiger partial charge is 0.325 e. The van der Waals surface area contributed by atoms with Crippen LogP contribution in [0.3, 0.4) is 0 Å². The van der Waals surface area contributed by atoms with Crippen molar-refractivity contribution in [3.8, 4) is 0 Å². The van der Waals surface area contributed by atoms with Crippen LogP contribution in [0.4, 0.5) is 11.4 Å². The quantitative estimate of drug-likeness (QED) is 0.849. The topological polar surface area (TPSA) is 61.4 Å². The number of nitrogens with zero attached hydrogens (tertiary/aromatic N) is 1. The summed E-state index contributed by atoms with van der Waals surface area (Å²) >= 11 is 0. The molecular weight excluding hydrogens is 314 g/mol. The van der Waals surface area contributed by atoms with E-state index in [0.29, 0.717) is 0 Å². The molecule has 0 aliphatic rings. The summed E-state index contributed by atoms with van der Waals surface area (Å²) in [6.45, 7) is 5.88. The zero-order valence-corrected chi connectivity index (χ0v) is 15.2. The summed E-state index contributed by atoms with van der Waals surface area (Å²) in [5.41, 5.74) is 3.73. The zero-order chi connectivity index (χ0) is 18.4. The van der Waals surface area contributed by atoms with Crippen LogP contribution < -0.4 is 10.6 Å². The third-order valence-electron chi connectivity index (χ3n) is 4.05. The van der Waals surface area contributed by atoms with Crippen LogP contribution in [0.2, 0.25) is 0 Å². The van der Waals surface area contributed by atoms with E-state index in [-0.39, 0.29) is 18.4 Å². The van der Waals surface area contributed by atoms with E-state index in [9.17, 15) is 9.59 Å². The number of hydrogen-bond acceptors (Lipinski definition) is 3. The maximum Gasteiger partial charge on any atom is 0.241 e. The maximum atomic E-state index is 12.4. The number of aryl methyl sites for hydroxylation is 2. The number of rotatable bonds is 6. The fourth-order valence-electron chi connectivity index (χ4n) is 2.37. The molecule has 1 atom stereocenters. The Kier molecular flexibility index (Phi) is 6.31. The van der Waals surface area contributed by atoms with Gasteiger partial charge in [0.1, 0.15) is 0 Å². The average Bonchev–Trinajstić information content (AvgIpc) is 2.56. The van der Waals surface area contributed by atoms with Crippen molar-refractivity contribution in [2.45, 2.75) is 26.8 Å². The van der Waals surface area contributed by atoms with Gasteiger partial charge < -0.3 is 10.6 Å². The summed E-state index contributed by atoms with van der Waals surface area (Å²) in [7, 11) is 1.76. The molecule has 2 amide bonds. The monoisotopic (exact) mass is 339 g/mol. The Labute approximate surface area is 149 Å². The first-order chi connectivity index (χ1) is 11.8. The molecule has 1 unspecified atom stereocenters. The molecule has 25 heavy (non-hydrogen) atoms. The van der Waals surface area contributed by atoms with Crippen molar-refractivity contribution in [2.75, 3.05) is 24.2 Å². The molecule has 0 spiro atoms. The predicted octanol–water partition coefficient (Wildman–Crippen LogP) is 3.20. The molecule has 5 heteroatoms. The van der Waals surface area contributed by atoms with Gasteiger partial charge >= 0.3 is 0 Å². The minimum absolute atomic E-state index is 0.135. The molecule has 0 fully saturated rings. The molecule has 0 bridgehead atoms. The van der Waals surface area contributed by atoms with Crippen molar-refractivity contribution in [1.29, 1.82) is 0 Å². The molecule has 0 saturated carbocycles. The minimum Gasteiger partial charge on any atom is -0.325 e. The number of nitrogens with one attached hydrogen (secondary N) is 2. The van der Waals surface area contributed by atoms with Crippen molar-refractivity contribution in [1.82, 2.24) is 4.90 Å². The summed E-state index contributed by atoms with van der Waals surface area (Å²) < 4.78 is 0. The van der Waals surface area contributed by atoms with Gasteiger partial charge in [-0.1, -0.05) is 29.8 Å². The van der Waals surface area contributed by atoms with Crippen LogP contribution in [0.5, 0.6) is 0 Å². The number of amides is 2. The highest BCUT2D eigenvalue weighted by Gasteiger charge is 2.20. The van der Waals surface area contributed by atoms with E-state index in [1.54, 1.807) is 18.9 Å². The second-order valence-corrected chi connectivity index (χ2v) is 6.36. The van der Waals surface area contributed by atoms with Crippen molar-refractivity contribution in [3.05, 3.63) is 59.7 Å². The van der Waals surface area contributed by atoms with Gasteiger partial charge in [0.25, 0.3) is 0 Å². The molecule has 2 aromatic carbocycles. The molecule has 2 rings (SSSR count). The molecule has 0 aliphatic heterocycles. The van der Waals surface area contributed by atoms with Gasteiger partial charge in [0.2, 0.25) is 11.8 Å². The predicted molar refractivity (Wildman–Crippen MR) is 102 cm³/mol. The Balaban J connectivity index is 1.88. The Morgan fingerprint density at radius 2 is 1.64 bits per heavy atom. The fraction of sp³-hybridized carbons (Fsp3) is 0.300. The highest BCUT2D eigenvalue weighted by molar-refractivity contribution is 5.96. The van der Waals surface area contributed by atoms with Gasteiger partial charge in [-0.25, -0.2) is 0 Å². The van der Waals surface area contributed by atoms with E-state index in [1.165, 1.54) is 0 Å². The normalized spacial score (nSPS) is 11.9. The third-order valence-corrected chi connectivity index (χ3v) is 4.05. The minimum atomic E-state index is -0.427. The molecule has 5 nitrogen and oxygen atoms in total. The maximum absolute atomic E-state index is 12.4. The smallest absolute Gasteiger partial charge is 0.241 e. The lowest BCUT2D eigenvalue weighted by atomic mass is 10.2. The highest BCUT2D eigenvalue weighted by atomic mass is 16.2. The third kappa shape index (κ3) is 5.72. The first kappa shape index (κ1) is 18.7. The molecule has 0 saturated heterocycles. The molecule has 0 aromatic heterocycles. The van der Waals surface area contributed by atoms with Gasteiger partial charge in [-0.3, -0.25) is 14.5 Å². The molecule has 0 heterocycles. The molecule has 132 valence electrons. The lowest BCUT2D eigenvalue weighted by Crippen LogP contribution is -2.43. The number of carbonyl (C=O) groups is 2. The van der Waals surface area contributed by atoms with Crippen LogP contribution >= 0.6 is 0 Å². The summed E-state index contributed by atoms with van der Waals surface area (Å²) in [6, 6.07) is 14.8. The average molecular weight is 339 g/mol. The Morgan fingerprint density at radius 3 is 2.28 bits per heavy atom. The molecule has 0 radical (unpaired) electrons. The Hall–Kier alpha value is -2.66. The van der Waals surface area contributed by atoms with E-state index in [4.69, 9.17) is 0 Å². The zero-order valence-electron chi connectivity index (χ0n) is 15.2. The number of hydrogen-bond donors (Lipinski definition) is 2.